The predicted octanol–water partition coefficient (Wildman–Crippen LogP) is 3.81. The minimum Gasteiger partial charge on any atom is -0.466 e. The Kier molecular flexibility index (Phi) is 7.19. The van der Waals surface area contributed by atoms with Gasteiger partial charge < -0.3 is 14.8 Å². The summed E-state index contributed by atoms with van der Waals surface area (Å²) in [6, 6.07) is 6.10. The third kappa shape index (κ3) is 5.15. The summed E-state index contributed by atoms with van der Waals surface area (Å²) in [5.74, 6) is -2.20. The molecule has 0 fully saturated rings. The Hall–Kier alpha value is -2.94. The molecule has 30 heavy (non-hydrogen) atoms. The molecule has 1 aliphatic heterocycles. The Balaban J connectivity index is 2.67. The molecule has 162 valence electrons. The number of para-hydroxylation sites is 1. The van der Waals surface area contributed by atoms with Gasteiger partial charge in [-0.1, -0.05) is 37.8 Å². The number of nitro benzene ring substituents is 1. The topological polar surface area (TPSA) is 108 Å². The van der Waals surface area contributed by atoms with Gasteiger partial charge in [-0.05, 0) is 20.8 Å². The molecule has 8 nitrogen and oxygen atoms in total. The van der Waals surface area contributed by atoms with Gasteiger partial charge in [0.2, 0.25) is 0 Å². The lowest BCUT2D eigenvalue weighted by Crippen LogP contribution is -2.35. The molecule has 1 aliphatic rings. The van der Waals surface area contributed by atoms with Crippen molar-refractivity contribution in [3.63, 3.8) is 0 Å². The highest BCUT2D eigenvalue weighted by Gasteiger charge is 2.41. The molecule has 0 spiro atoms. The van der Waals surface area contributed by atoms with E-state index in [0.29, 0.717) is 17.6 Å². The van der Waals surface area contributed by atoms with E-state index >= 15 is 0 Å². The molecule has 0 amide bonds. The SMILES string of the molecule is CCOC(=O)C1=C(C)NC(C)=C(C(=O)OC[Si](C)(C)C)C1c1ccccc1[N+](=O)[O-]. The first-order chi connectivity index (χ1) is 14.0. The van der Waals surface area contributed by atoms with Crippen LogP contribution in [0.1, 0.15) is 32.3 Å². The van der Waals surface area contributed by atoms with E-state index in [1.54, 1.807) is 39.0 Å². The smallest absolute Gasteiger partial charge is 0.336 e. The molecular weight excluding hydrogens is 404 g/mol. The van der Waals surface area contributed by atoms with Crippen molar-refractivity contribution >= 4 is 25.7 Å². The van der Waals surface area contributed by atoms with Gasteiger partial charge in [0, 0.05) is 23.0 Å². The van der Waals surface area contributed by atoms with E-state index in [2.05, 4.69) is 25.0 Å². The summed E-state index contributed by atoms with van der Waals surface area (Å²) in [7, 11) is -1.70. The van der Waals surface area contributed by atoms with Gasteiger partial charge in [0.1, 0.15) is 0 Å². The summed E-state index contributed by atoms with van der Waals surface area (Å²) in [6.07, 6.45) is 0.295. The van der Waals surface area contributed by atoms with Crippen molar-refractivity contribution in [2.75, 3.05) is 12.8 Å². The van der Waals surface area contributed by atoms with Crippen molar-refractivity contribution in [2.24, 2.45) is 0 Å². The molecule has 9 heteroatoms. The number of nitro groups is 1. The van der Waals surface area contributed by atoms with Crippen molar-refractivity contribution in [3.8, 4) is 0 Å². The maximum Gasteiger partial charge on any atom is 0.336 e. The normalized spacial score (nSPS) is 16.8. The number of ether oxygens (including phenoxy) is 2. The largest absolute Gasteiger partial charge is 0.466 e. The molecule has 0 saturated heterocycles. The lowest BCUT2D eigenvalue weighted by molar-refractivity contribution is -0.385. The number of rotatable bonds is 7. The second-order valence-electron chi connectivity index (χ2n) is 8.31. The average molecular weight is 433 g/mol. The number of nitrogens with one attached hydrogen (secondary N) is 1. The highest BCUT2D eigenvalue weighted by atomic mass is 28.3. The summed E-state index contributed by atoms with van der Waals surface area (Å²) < 4.78 is 10.8. The lowest BCUT2D eigenvalue weighted by atomic mass is 9.79. The number of carbonyl (C=O) groups is 2. The third-order valence-corrected chi connectivity index (χ3v) is 5.57. The Bertz CT molecular complexity index is 930. The minimum atomic E-state index is -1.70. The van der Waals surface area contributed by atoms with Crippen LogP contribution < -0.4 is 5.32 Å². The molecule has 1 unspecified atom stereocenters. The number of esters is 2. The molecule has 1 N–H and O–H groups in total. The van der Waals surface area contributed by atoms with Gasteiger partial charge in [0.05, 0.1) is 42.9 Å². The zero-order valence-corrected chi connectivity index (χ0v) is 19.2. The van der Waals surface area contributed by atoms with E-state index in [1.807, 2.05) is 0 Å². The quantitative estimate of drug-likeness (QED) is 0.302. The van der Waals surface area contributed by atoms with Crippen LogP contribution in [0.15, 0.2) is 46.8 Å². The summed E-state index contributed by atoms with van der Waals surface area (Å²) in [4.78, 5) is 37.1. The van der Waals surface area contributed by atoms with Gasteiger partial charge in [-0.2, -0.15) is 0 Å². The molecular formula is C21H28N2O6Si. The van der Waals surface area contributed by atoms with Crippen molar-refractivity contribution in [1.82, 2.24) is 5.32 Å². The summed E-state index contributed by atoms with van der Waals surface area (Å²) in [5, 5.41) is 14.7. The molecule has 0 aliphatic carbocycles. The summed E-state index contributed by atoms with van der Waals surface area (Å²) >= 11 is 0. The number of dihydropyridines is 1. The Morgan fingerprint density at radius 2 is 1.60 bits per heavy atom. The fraction of sp³-hybridized carbons (Fsp3) is 0.429. The highest BCUT2D eigenvalue weighted by Crippen LogP contribution is 2.42. The van der Waals surface area contributed by atoms with Crippen LogP contribution in [0.5, 0.6) is 0 Å². The van der Waals surface area contributed by atoms with Crippen LogP contribution in [0, 0.1) is 10.1 Å². The van der Waals surface area contributed by atoms with E-state index in [-0.39, 0.29) is 29.0 Å². The molecule has 1 aromatic carbocycles. The highest BCUT2D eigenvalue weighted by molar-refractivity contribution is 6.76. The van der Waals surface area contributed by atoms with E-state index in [9.17, 15) is 19.7 Å². The molecule has 0 radical (unpaired) electrons. The van der Waals surface area contributed by atoms with Gasteiger partial charge in [-0.15, -0.1) is 0 Å². The van der Waals surface area contributed by atoms with Crippen LogP contribution in [-0.4, -0.2) is 37.8 Å². The molecule has 0 saturated carbocycles. The molecule has 1 aromatic rings. The van der Waals surface area contributed by atoms with E-state index in [1.165, 1.54) is 6.07 Å². The number of allylic oxidation sites excluding steroid dienone is 2. The number of benzene rings is 1. The fourth-order valence-electron chi connectivity index (χ4n) is 3.31. The fourth-order valence-corrected chi connectivity index (χ4v) is 3.88. The van der Waals surface area contributed by atoms with Crippen LogP contribution in [0.2, 0.25) is 19.6 Å². The number of nitrogens with zero attached hydrogens (tertiary/aromatic N) is 1. The van der Waals surface area contributed by atoms with Crippen molar-refractivity contribution in [3.05, 3.63) is 62.5 Å². The molecule has 1 atom stereocenters. The predicted molar refractivity (Wildman–Crippen MR) is 115 cm³/mol. The Morgan fingerprint density at radius 1 is 1.07 bits per heavy atom. The third-order valence-electron chi connectivity index (χ3n) is 4.56. The molecule has 0 bridgehead atoms. The van der Waals surface area contributed by atoms with Crippen LogP contribution in [-0.2, 0) is 19.1 Å². The van der Waals surface area contributed by atoms with Gasteiger partial charge in [-0.3, -0.25) is 10.1 Å². The monoisotopic (exact) mass is 432 g/mol. The second kappa shape index (κ2) is 9.25. The van der Waals surface area contributed by atoms with Crippen LogP contribution >= 0.6 is 0 Å². The maximum absolute atomic E-state index is 13.1. The van der Waals surface area contributed by atoms with E-state index in [0.717, 1.165) is 0 Å². The number of carbonyl (C=O) groups excluding carboxylic acids is 2. The van der Waals surface area contributed by atoms with E-state index < -0.39 is 30.9 Å². The standard InChI is InChI=1S/C21H28N2O6Si/c1-7-28-20(24)17-13(2)22-14(3)18(21(25)29-12-30(4,5)6)19(17)15-10-8-9-11-16(15)23(26)27/h8-11,19,22H,7,12H2,1-6H3. The zero-order valence-electron chi connectivity index (χ0n) is 18.2. The number of hydrogen-bond donors (Lipinski definition) is 1. The van der Waals surface area contributed by atoms with Gasteiger partial charge in [-0.25, -0.2) is 9.59 Å². The minimum absolute atomic E-state index is 0.136. The average Bonchev–Trinajstić information content (AvgIpc) is 2.65. The molecule has 0 aromatic heterocycles. The van der Waals surface area contributed by atoms with E-state index in [4.69, 9.17) is 9.47 Å². The molecule has 2 rings (SSSR count). The van der Waals surface area contributed by atoms with Crippen LogP contribution in [0.3, 0.4) is 0 Å². The zero-order chi connectivity index (χ0) is 22.6. The van der Waals surface area contributed by atoms with Gasteiger partial charge in [0.25, 0.3) is 5.69 Å². The first kappa shape index (κ1) is 23.3. The van der Waals surface area contributed by atoms with Crippen molar-refractivity contribution in [2.45, 2.75) is 46.3 Å². The molecule has 1 heterocycles. The Morgan fingerprint density at radius 3 is 2.10 bits per heavy atom. The summed E-state index contributed by atoms with van der Waals surface area (Å²) in [6.45, 7) is 11.4. The first-order valence-electron chi connectivity index (χ1n) is 9.74. The van der Waals surface area contributed by atoms with Crippen LogP contribution in [0.4, 0.5) is 5.69 Å². The first-order valence-corrected chi connectivity index (χ1v) is 13.4. The lowest BCUT2D eigenvalue weighted by Gasteiger charge is -2.30. The van der Waals surface area contributed by atoms with Crippen molar-refractivity contribution in [1.29, 1.82) is 0 Å². The Labute approximate surface area is 177 Å². The summed E-state index contributed by atoms with van der Waals surface area (Å²) in [5.41, 5.74) is 1.38. The van der Waals surface area contributed by atoms with Crippen LogP contribution in [0.25, 0.3) is 0 Å². The van der Waals surface area contributed by atoms with Gasteiger partial charge >= 0.3 is 11.9 Å². The van der Waals surface area contributed by atoms with Gasteiger partial charge in [0.15, 0.2) is 0 Å². The maximum atomic E-state index is 13.1. The second-order valence-corrected chi connectivity index (χ2v) is 13.7. The number of hydrogen-bond acceptors (Lipinski definition) is 7. The van der Waals surface area contributed by atoms with Crippen molar-refractivity contribution < 1.29 is 24.0 Å².